The summed E-state index contributed by atoms with van der Waals surface area (Å²) in [6.07, 6.45) is 4.15. The van der Waals surface area contributed by atoms with Crippen molar-refractivity contribution in [3.8, 4) is 17.9 Å². The van der Waals surface area contributed by atoms with E-state index in [1.54, 1.807) is 18.3 Å². The molecule has 2 fully saturated rings. The third kappa shape index (κ3) is 3.63. The molecule has 1 N–H and O–H groups in total. The first-order valence-electron chi connectivity index (χ1n) is 9.54. The molecule has 0 spiro atoms. The first-order valence-corrected chi connectivity index (χ1v) is 9.54. The van der Waals surface area contributed by atoms with E-state index in [-0.39, 0.29) is 24.9 Å². The second-order valence-electron chi connectivity index (χ2n) is 7.31. The predicted molar refractivity (Wildman–Crippen MR) is 104 cm³/mol. The van der Waals surface area contributed by atoms with E-state index in [0.717, 1.165) is 11.1 Å². The molecule has 1 amide bonds. The number of carbonyl (C=O) groups excluding carboxylic acids is 1. The van der Waals surface area contributed by atoms with Crippen LogP contribution >= 0.6 is 0 Å². The highest BCUT2D eigenvalue weighted by Gasteiger charge is 2.51. The van der Waals surface area contributed by atoms with Crippen LogP contribution in [0.3, 0.4) is 0 Å². The molecule has 1 aliphatic heterocycles. The molecule has 5 heteroatoms. The molecular weight excluding hydrogens is 350 g/mol. The third-order valence-electron chi connectivity index (χ3n) is 5.37. The van der Waals surface area contributed by atoms with E-state index < -0.39 is 12.1 Å². The maximum atomic E-state index is 12.7. The number of nitriles is 1. The fourth-order valence-electron chi connectivity index (χ4n) is 3.70. The standard InChI is InChI=1S/C23H21N3O2/c24-14-20-23(18-10-8-17(9-11-18)7-6-16-4-5-16)21(15-27)26(20)22(28)13-19-3-1-2-12-25-19/h1-3,8-12,16,20-21,23,27H,4-5,13,15H2/t20-,21-,23-/m0/s1. The van der Waals surface area contributed by atoms with Gasteiger partial charge >= 0.3 is 0 Å². The highest BCUT2D eigenvalue weighted by Crippen LogP contribution is 2.40. The summed E-state index contributed by atoms with van der Waals surface area (Å²) in [5.41, 5.74) is 2.56. The van der Waals surface area contributed by atoms with Gasteiger partial charge in [0.05, 0.1) is 25.1 Å². The molecule has 2 aromatic rings. The number of hydrogen-bond donors (Lipinski definition) is 1. The predicted octanol–water partition coefficient (Wildman–Crippen LogP) is 2.26. The summed E-state index contributed by atoms with van der Waals surface area (Å²) in [5.74, 6) is 6.57. The number of likely N-dealkylation sites (tertiary alicyclic amines) is 1. The molecule has 0 radical (unpaired) electrons. The maximum absolute atomic E-state index is 12.7. The molecule has 2 heterocycles. The second kappa shape index (κ2) is 7.84. The van der Waals surface area contributed by atoms with Crippen molar-refractivity contribution in [3.63, 3.8) is 0 Å². The summed E-state index contributed by atoms with van der Waals surface area (Å²) in [5, 5.41) is 19.5. The van der Waals surface area contributed by atoms with Gasteiger partial charge in [-0.3, -0.25) is 9.78 Å². The molecule has 0 bridgehead atoms. The zero-order valence-electron chi connectivity index (χ0n) is 15.5. The highest BCUT2D eigenvalue weighted by atomic mass is 16.3. The minimum atomic E-state index is -0.586. The van der Waals surface area contributed by atoms with Crippen molar-refractivity contribution in [2.45, 2.75) is 37.3 Å². The van der Waals surface area contributed by atoms with Crippen LogP contribution in [0.1, 0.15) is 35.6 Å². The van der Waals surface area contributed by atoms with Crippen molar-refractivity contribution in [2.24, 2.45) is 5.92 Å². The zero-order chi connectivity index (χ0) is 19.5. The Bertz CT molecular complexity index is 949. The first kappa shape index (κ1) is 18.2. The van der Waals surface area contributed by atoms with Crippen LogP contribution in [0.4, 0.5) is 0 Å². The van der Waals surface area contributed by atoms with Crippen LogP contribution < -0.4 is 0 Å². The molecule has 4 rings (SSSR count). The third-order valence-corrected chi connectivity index (χ3v) is 5.37. The Kier molecular flexibility index (Phi) is 5.10. The molecular formula is C23H21N3O2. The monoisotopic (exact) mass is 371 g/mol. The molecule has 5 nitrogen and oxygen atoms in total. The molecule has 1 saturated heterocycles. The van der Waals surface area contributed by atoms with Gasteiger partial charge in [0, 0.05) is 29.3 Å². The summed E-state index contributed by atoms with van der Waals surface area (Å²) in [6, 6.07) is 14.5. The molecule has 1 aliphatic carbocycles. The lowest BCUT2D eigenvalue weighted by atomic mass is 9.75. The van der Waals surface area contributed by atoms with Gasteiger partial charge in [0.2, 0.25) is 5.91 Å². The minimum absolute atomic E-state index is 0.123. The van der Waals surface area contributed by atoms with E-state index in [0.29, 0.717) is 11.6 Å². The van der Waals surface area contributed by atoms with Crippen LogP contribution in [-0.4, -0.2) is 39.6 Å². The Morgan fingerprint density at radius 3 is 2.61 bits per heavy atom. The Morgan fingerprint density at radius 2 is 2.00 bits per heavy atom. The zero-order valence-corrected chi connectivity index (χ0v) is 15.5. The lowest BCUT2D eigenvalue weighted by Crippen LogP contribution is -2.65. The molecule has 3 atom stereocenters. The first-order chi connectivity index (χ1) is 13.7. The molecule has 1 aromatic carbocycles. The normalized spacial score (nSPS) is 23.1. The van der Waals surface area contributed by atoms with Crippen LogP contribution in [0.2, 0.25) is 0 Å². The van der Waals surface area contributed by atoms with Crippen molar-refractivity contribution in [1.82, 2.24) is 9.88 Å². The summed E-state index contributed by atoms with van der Waals surface area (Å²) in [7, 11) is 0. The molecule has 140 valence electrons. The summed E-state index contributed by atoms with van der Waals surface area (Å²) < 4.78 is 0. The average molecular weight is 371 g/mol. The topological polar surface area (TPSA) is 77.2 Å². The van der Waals surface area contributed by atoms with Gasteiger partial charge in [-0.25, -0.2) is 0 Å². The number of aliphatic hydroxyl groups is 1. The van der Waals surface area contributed by atoms with Crippen LogP contribution in [-0.2, 0) is 11.2 Å². The number of carbonyl (C=O) groups is 1. The minimum Gasteiger partial charge on any atom is -0.394 e. The molecule has 1 saturated carbocycles. The quantitative estimate of drug-likeness (QED) is 0.837. The van der Waals surface area contributed by atoms with Crippen LogP contribution in [0.25, 0.3) is 0 Å². The molecule has 0 unspecified atom stereocenters. The van der Waals surface area contributed by atoms with E-state index >= 15 is 0 Å². The van der Waals surface area contributed by atoms with E-state index in [2.05, 4.69) is 22.9 Å². The fraction of sp³-hybridized carbons (Fsp3) is 0.348. The van der Waals surface area contributed by atoms with Crippen molar-refractivity contribution < 1.29 is 9.90 Å². The van der Waals surface area contributed by atoms with Crippen molar-refractivity contribution in [3.05, 3.63) is 65.5 Å². The van der Waals surface area contributed by atoms with Crippen LogP contribution in [0.15, 0.2) is 48.7 Å². The summed E-state index contributed by atoms with van der Waals surface area (Å²) in [4.78, 5) is 18.4. The van der Waals surface area contributed by atoms with Gasteiger partial charge in [0.15, 0.2) is 0 Å². The van der Waals surface area contributed by atoms with Gasteiger partial charge in [-0.1, -0.05) is 30.0 Å². The van der Waals surface area contributed by atoms with E-state index in [9.17, 15) is 15.2 Å². The number of amides is 1. The molecule has 2 aliphatic rings. The molecule has 1 aromatic heterocycles. The van der Waals surface area contributed by atoms with Gasteiger partial charge < -0.3 is 10.0 Å². The average Bonchev–Trinajstić information content (AvgIpc) is 3.52. The summed E-state index contributed by atoms with van der Waals surface area (Å²) >= 11 is 0. The fourth-order valence-corrected chi connectivity index (χ4v) is 3.70. The van der Waals surface area contributed by atoms with E-state index in [1.165, 1.54) is 17.7 Å². The largest absolute Gasteiger partial charge is 0.394 e. The highest BCUT2D eigenvalue weighted by molar-refractivity contribution is 5.81. The number of benzene rings is 1. The number of aromatic nitrogens is 1. The van der Waals surface area contributed by atoms with Gasteiger partial charge in [0.1, 0.15) is 6.04 Å². The van der Waals surface area contributed by atoms with Gasteiger partial charge in [0.25, 0.3) is 0 Å². The van der Waals surface area contributed by atoms with Gasteiger partial charge in [-0.15, -0.1) is 0 Å². The van der Waals surface area contributed by atoms with Crippen LogP contribution in [0, 0.1) is 29.1 Å². The Hall–Kier alpha value is -3.15. The van der Waals surface area contributed by atoms with Crippen molar-refractivity contribution in [1.29, 1.82) is 5.26 Å². The number of hydrogen-bond acceptors (Lipinski definition) is 4. The van der Waals surface area contributed by atoms with Gasteiger partial charge in [-0.05, 0) is 42.7 Å². The number of nitrogens with zero attached hydrogens (tertiary/aromatic N) is 3. The maximum Gasteiger partial charge on any atom is 0.230 e. The van der Waals surface area contributed by atoms with Gasteiger partial charge in [-0.2, -0.15) is 5.26 Å². The smallest absolute Gasteiger partial charge is 0.230 e. The van der Waals surface area contributed by atoms with Crippen molar-refractivity contribution in [2.75, 3.05) is 6.61 Å². The Morgan fingerprint density at radius 1 is 1.21 bits per heavy atom. The lowest BCUT2D eigenvalue weighted by molar-refractivity contribution is -0.146. The molecule has 28 heavy (non-hydrogen) atoms. The number of aliphatic hydroxyl groups excluding tert-OH is 1. The van der Waals surface area contributed by atoms with E-state index in [1.807, 2.05) is 30.3 Å². The van der Waals surface area contributed by atoms with Crippen LogP contribution in [0.5, 0.6) is 0 Å². The number of pyridine rings is 1. The Labute approximate surface area is 164 Å². The second-order valence-corrected chi connectivity index (χ2v) is 7.31. The lowest BCUT2D eigenvalue weighted by Gasteiger charge is -2.51. The SMILES string of the molecule is N#C[C@H]1[C@H](c2ccc(C#CC3CC3)cc2)[C@H](CO)N1C(=O)Cc1ccccn1. The number of rotatable bonds is 4. The van der Waals surface area contributed by atoms with Crippen molar-refractivity contribution >= 4 is 5.91 Å². The summed E-state index contributed by atoms with van der Waals surface area (Å²) in [6.45, 7) is -0.181. The Balaban J connectivity index is 1.49. The van der Waals surface area contributed by atoms with E-state index in [4.69, 9.17) is 0 Å².